The molecule has 0 saturated carbocycles. The highest BCUT2D eigenvalue weighted by Gasteiger charge is 2.18. The van der Waals surface area contributed by atoms with E-state index in [1.807, 2.05) is 20.0 Å². The molecule has 0 aliphatic rings. The molecule has 0 aliphatic heterocycles. The summed E-state index contributed by atoms with van der Waals surface area (Å²) in [5.74, 6) is 0. The van der Waals surface area contributed by atoms with Crippen LogP contribution in [0.1, 0.15) is 39.0 Å². The number of aromatic nitrogens is 2. The van der Waals surface area contributed by atoms with E-state index >= 15 is 0 Å². The van der Waals surface area contributed by atoms with E-state index in [0.29, 0.717) is 13.1 Å². The van der Waals surface area contributed by atoms with Crippen molar-refractivity contribution in [1.29, 1.82) is 0 Å². The van der Waals surface area contributed by atoms with Crippen molar-refractivity contribution in [2.75, 3.05) is 7.05 Å². The van der Waals surface area contributed by atoms with Crippen LogP contribution in [-0.2, 0) is 18.5 Å². The lowest BCUT2D eigenvalue weighted by molar-refractivity contribution is 0.505. The van der Waals surface area contributed by atoms with Gasteiger partial charge in [0.1, 0.15) is 0 Å². The van der Waals surface area contributed by atoms with Gasteiger partial charge in [-0.05, 0) is 20.0 Å². The monoisotopic (exact) mass is 223 g/mol. The van der Waals surface area contributed by atoms with Crippen LogP contribution in [0, 0.1) is 0 Å². The van der Waals surface area contributed by atoms with Crippen molar-refractivity contribution >= 4 is 0 Å². The summed E-state index contributed by atoms with van der Waals surface area (Å²) in [4.78, 5) is 11.9. The van der Waals surface area contributed by atoms with Gasteiger partial charge in [-0.3, -0.25) is 4.79 Å². The van der Waals surface area contributed by atoms with E-state index in [1.165, 1.54) is 4.68 Å². The molecule has 1 N–H and O–H groups in total. The molecule has 0 aromatic carbocycles. The Morgan fingerprint density at radius 3 is 2.50 bits per heavy atom. The maximum atomic E-state index is 11.9. The Morgan fingerprint density at radius 2 is 2.06 bits per heavy atom. The molecular weight excluding hydrogens is 202 g/mol. The summed E-state index contributed by atoms with van der Waals surface area (Å²) >= 11 is 0. The lowest BCUT2D eigenvalue weighted by atomic mass is 9.91. The second-order valence-electron chi connectivity index (χ2n) is 4.96. The van der Waals surface area contributed by atoms with Gasteiger partial charge in [0.05, 0.1) is 5.69 Å². The van der Waals surface area contributed by atoms with Gasteiger partial charge in [0.2, 0.25) is 0 Å². The van der Waals surface area contributed by atoms with Crippen LogP contribution in [0.5, 0.6) is 0 Å². The number of rotatable bonds is 3. The van der Waals surface area contributed by atoms with Crippen LogP contribution >= 0.6 is 0 Å². The average Bonchev–Trinajstić information content (AvgIpc) is 2.19. The number of nitrogens with one attached hydrogen (secondary N) is 1. The molecule has 0 aliphatic carbocycles. The Morgan fingerprint density at radius 1 is 1.44 bits per heavy atom. The van der Waals surface area contributed by atoms with E-state index in [-0.39, 0.29) is 11.0 Å². The van der Waals surface area contributed by atoms with Gasteiger partial charge >= 0.3 is 0 Å². The van der Waals surface area contributed by atoms with E-state index in [4.69, 9.17) is 0 Å². The fourth-order valence-corrected chi connectivity index (χ4v) is 1.49. The Bertz CT molecular complexity index is 415. The molecule has 0 fully saturated rings. The summed E-state index contributed by atoms with van der Waals surface area (Å²) in [6.07, 6.45) is 0. The minimum Gasteiger partial charge on any atom is -0.315 e. The van der Waals surface area contributed by atoms with Gasteiger partial charge in [-0.2, -0.15) is 5.10 Å². The summed E-state index contributed by atoms with van der Waals surface area (Å²) in [6.45, 7) is 9.43. The number of nitrogens with zero attached hydrogens (tertiary/aromatic N) is 2. The molecule has 1 rings (SSSR count). The molecule has 4 heteroatoms. The molecule has 1 aromatic rings. The van der Waals surface area contributed by atoms with Gasteiger partial charge in [0.25, 0.3) is 5.56 Å². The summed E-state index contributed by atoms with van der Waals surface area (Å²) < 4.78 is 1.53. The van der Waals surface area contributed by atoms with Crippen molar-refractivity contribution in [3.05, 3.63) is 27.7 Å². The summed E-state index contributed by atoms with van der Waals surface area (Å²) in [6, 6.07) is 1.91. The van der Waals surface area contributed by atoms with E-state index < -0.39 is 0 Å². The minimum absolute atomic E-state index is 0.00449. The van der Waals surface area contributed by atoms with Gasteiger partial charge in [-0.1, -0.05) is 20.8 Å². The van der Waals surface area contributed by atoms with Gasteiger partial charge in [-0.25, -0.2) is 4.68 Å². The Hall–Kier alpha value is -1.16. The zero-order valence-corrected chi connectivity index (χ0v) is 10.8. The zero-order valence-electron chi connectivity index (χ0n) is 10.8. The van der Waals surface area contributed by atoms with Crippen LogP contribution < -0.4 is 10.9 Å². The summed E-state index contributed by atoms with van der Waals surface area (Å²) in [5, 5.41) is 7.40. The molecule has 0 unspecified atom stereocenters. The molecule has 16 heavy (non-hydrogen) atoms. The lowest BCUT2D eigenvalue weighted by Gasteiger charge is -2.19. The quantitative estimate of drug-likeness (QED) is 0.839. The van der Waals surface area contributed by atoms with Crippen molar-refractivity contribution in [3.8, 4) is 0 Å². The molecule has 0 atom stereocenters. The number of aryl methyl sites for hydroxylation is 1. The minimum atomic E-state index is -0.0346. The van der Waals surface area contributed by atoms with Crippen LogP contribution in [0.25, 0.3) is 0 Å². The Balaban J connectivity index is 3.34. The average molecular weight is 223 g/mol. The second-order valence-corrected chi connectivity index (χ2v) is 4.96. The third-order valence-corrected chi connectivity index (χ3v) is 2.48. The third kappa shape index (κ3) is 2.70. The second kappa shape index (κ2) is 4.78. The van der Waals surface area contributed by atoms with Crippen LogP contribution in [0.3, 0.4) is 0 Å². The number of hydrogen-bond acceptors (Lipinski definition) is 3. The highest BCUT2D eigenvalue weighted by Crippen LogP contribution is 2.19. The molecule has 1 aromatic heterocycles. The largest absolute Gasteiger partial charge is 0.315 e. The van der Waals surface area contributed by atoms with Gasteiger partial charge in [0.15, 0.2) is 0 Å². The van der Waals surface area contributed by atoms with Crippen molar-refractivity contribution in [3.63, 3.8) is 0 Å². The van der Waals surface area contributed by atoms with Crippen molar-refractivity contribution in [1.82, 2.24) is 15.1 Å². The van der Waals surface area contributed by atoms with E-state index in [2.05, 4.69) is 31.2 Å². The molecule has 0 amide bonds. The van der Waals surface area contributed by atoms with Gasteiger partial charge in [0, 0.05) is 24.1 Å². The summed E-state index contributed by atoms with van der Waals surface area (Å²) in [7, 11) is 1.84. The standard InChI is InChI=1S/C12H21N3O/c1-6-15-11(16)9(8-13-5)7-10(14-15)12(2,3)4/h7,13H,6,8H2,1-5H3. The van der Waals surface area contributed by atoms with Crippen molar-refractivity contribution in [2.24, 2.45) is 0 Å². The number of hydrogen-bond donors (Lipinski definition) is 1. The third-order valence-electron chi connectivity index (χ3n) is 2.48. The fraction of sp³-hybridized carbons (Fsp3) is 0.667. The Kier molecular flexibility index (Phi) is 3.86. The SMILES string of the molecule is CCn1nc(C(C)(C)C)cc(CNC)c1=O. The Labute approximate surface area is 96.7 Å². The summed E-state index contributed by atoms with van der Waals surface area (Å²) in [5.41, 5.74) is 1.71. The van der Waals surface area contributed by atoms with Crippen molar-refractivity contribution in [2.45, 2.75) is 46.2 Å². The molecule has 0 radical (unpaired) electrons. The van der Waals surface area contributed by atoms with Crippen LogP contribution in [-0.4, -0.2) is 16.8 Å². The van der Waals surface area contributed by atoms with Crippen LogP contribution in [0.4, 0.5) is 0 Å². The van der Waals surface area contributed by atoms with E-state index in [1.54, 1.807) is 0 Å². The fourth-order valence-electron chi connectivity index (χ4n) is 1.49. The molecule has 4 nitrogen and oxygen atoms in total. The smallest absolute Gasteiger partial charge is 0.271 e. The van der Waals surface area contributed by atoms with Crippen LogP contribution in [0.15, 0.2) is 10.9 Å². The first-order valence-corrected chi connectivity index (χ1v) is 5.66. The highest BCUT2D eigenvalue weighted by molar-refractivity contribution is 5.19. The molecular formula is C12H21N3O. The predicted octanol–water partition coefficient (Wildman–Crippen LogP) is 1.28. The lowest BCUT2D eigenvalue weighted by Crippen LogP contribution is -2.31. The molecule has 0 spiro atoms. The molecule has 0 bridgehead atoms. The van der Waals surface area contributed by atoms with Crippen molar-refractivity contribution < 1.29 is 0 Å². The predicted molar refractivity (Wildman–Crippen MR) is 65.6 cm³/mol. The highest BCUT2D eigenvalue weighted by atomic mass is 16.1. The first kappa shape index (κ1) is 12.9. The molecule has 0 saturated heterocycles. The topological polar surface area (TPSA) is 46.9 Å². The van der Waals surface area contributed by atoms with Crippen LogP contribution in [0.2, 0.25) is 0 Å². The van der Waals surface area contributed by atoms with Gasteiger partial charge in [-0.15, -0.1) is 0 Å². The normalized spacial score (nSPS) is 11.8. The molecule has 1 heterocycles. The first-order chi connectivity index (χ1) is 7.40. The maximum Gasteiger partial charge on any atom is 0.271 e. The van der Waals surface area contributed by atoms with E-state index in [9.17, 15) is 4.79 Å². The van der Waals surface area contributed by atoms with E-state index in [0.717, 1.165) is 11.3 Å². The van der Waals surface area contributed by atoms with Gasteiger partial charge < -0.3 is 5.32 Å². The zero-order chi connectivity index (χ0) is 12.3. The molecule has 90 valence electrons. The maximum absolute atomic E-state index is 11.9. The first-order valence-electron chi connectivity index (χ1n) is 5.66.